The number of aliphatic hydroxyl groups excluding tert-OH is 3. The fraction of sp³-hybridized carbons (Fsp3) is 1.00. The smallest absolute Gasteiger partial charge is 0.180 e. The summed E-state index contributed by atoms with van der Waals surface area (Å²) in [6, 6.07) is 0. The maximum Gasteiger partial charge on any atom is 0.180 e. The summed E-state index contributed by atoms with van der Waals surface area (Å²) in [4.78, 5) is 0. The van der Waals surface area contributed by atoms with Crippen molar-refractivity contribution in [3.05, 3.63) is 0 Å². The maximum absolute atomic E-state index is 8.89. The highest BCUT2D eigenvalue weighted by Crippen LogP contribution is 1.98. The van der Waals surface area contributed by atoms with Crippen LogP contribution < -0.4 is 0 Å². The summed E-state index contributed by atoms with van der Waals surface area (Å²) in [5, 5.41) is 25.7. The van der Waals surface area contributed by atoms with Crippen LogP contribution in [-0.4, -0.2) is 86.9 Å². The quantitative estimate of drug-likeness (QED) is 0.240. The van der Waals surface area contributed by atoms with Crippen LogP contribution in [0.4, 0.5) is 0 Å². The first-order valence-corrected chi connectivity index (χ1v) is 10.9. The Balaban J connectivity index is -0.000000369. The molecule has 0 heterocycles. The van der Waals surface area contributed by atoms with E-state index in [0.29, 0.717) is 33.0 Å². The van der Waals surface area contributed by atoms with Crippen molar-refractivity contribution in [2.24, 2.45) is 0 Å². The van der Waals surface area contributed by atoms with E-state index in [-0.39, 0.29) is 19.5 Å². The minimum Gasteiger partial charge on any atom is -0.394 e. The van der Waals surface area contributed by atoms with E-state index in [4.69, 9.17) is 39.0 Å². The Morgan fingerprint density at radius 1 is 0.724 bits per heavy atom. The monoisotopic (exact) mass is 428 g/mol. The van der Waals surface area contributed by atoms with Crippen molar-refractivity contribution in [2.75, 3.05) is 52.9 Å². The second kappa shape index (κ2) is 29.9. The highest BCUT2D eigenvalue weighted by atomic mass is 16.7. The highest BCUT2D eigenvalue weighted by Gasteiger charge is 2.04. The topological polar surface area (TPSA) is 107 Å². The van der Waals surface area contributed by atoms with Crippen molar-refractivity contribution in [3.63, 3.8) is 0 Å². The van der Waals surface area contributed by atoms with Gasteiger partial charge in [0.25, 0.3) is 0 Å². The minimum atomic E-state index is -0.424. The summed E-state index contributed by atoms with van der Waals surface area (Å²) < 4.78 is 25.5. The number of aliphatic hydroxyl groups is 3. The molecule has 0 amide bonds. The molecule has 8 heteroatoms. The average Bonchev–Trinajstić information content (AvgIpc) is 2.71. The van der Waals surface area contributed by atoms with Crippen LogP contribution >= 0.6 is 0 Å². The molecule has 0 aromatic heterocycles. The Morgan fingerprint density at radius 3 is 1.69 bits per heavy atom. The summed E-state index contributed by atoms with van der Waals surface area (Å²) in [7, 11) is 0. The standard InChI is InChI=1S/C9H20O3.C8H18O3.C4H10O2/c1-4-5-6-11-9(3)12-7-8(2)10;1-3-5-6-11-8(7-9)10-4-2;1-2-6-4-3-5/h8-10H,4-7H2,1-3H3;8-9H,3-7H2,1-2H3;5H,2-4H2,1H3. The molecule has 0 radical (unpaired) electrons. The van der Waals surface area contributed by atoms with Gasteiger partial charge >= 0.3 is 0 Å². The number of hydrogen-bond donors (Lipinski definition) is 3. The average molecular weight is 429 g/mol. The summed E-state index contributed by atoms with van der Waals surface area (Å²) in [5.74, 6) is 0. The van der Waals surface area contributed by atoms with E-state index in [2.05, 4.69) is 13.8 Å². The molecule has 0 saturated carbocycles. The van der Waals surface area contributed by atoms with Crippen LogP contribution in [0.3, 0.4) is 0 Å². The van der Waals surface area contributed by atoms with Gasteiger partial charge in [-0.25, -0.2) is 0 Å². The van der Waals surface area contributed by atoms with Gasteiger partial charge in [0.15, 0.2) is 12.6 Å². The highest BCUT2D eigenvalue weighted by molar-refractivity contribution is 4.43. The Hall–Kier alpha value is -0.320. The second-order valence-corrected chi connectivity index (χ2v) is 6.19. The van der Waals surface area contributed by atoms with E-state index in [1.54, 1.807) is 6.92 Å². The molecular formula is C21H48O8. The third-order valence-corrected chi connectivity index (χ3v) is 3.17. The maximum atomic E-state index is 8.89. The molecule has 3 unspecified atom stereocenters. The molecule has 0 aliphatic heterocycles. The molecule has 0 bridgehead atoms. The van der Waals surface area contributed by atoms with E-state index < -0.39 is 12.4 Å². The van der Waals surface area contributed by atoms with Gasteiger partial charge in [0.2, 0.25) is 0 Å². The SMILES string of the molecule is CCCCOC(C)OCC(C)O.CCCCOC(CO)OCC.CCOCCO. The molecule has 0 saturated heterocycles. The summed E-state index contributed by atoms with van der Waals surface area (Å²) in [5.41, 5.74) is 0. The lowest BCUT2D eigenvalue weighted by Gasteiger charge is -2.14. The van der Waals surface area contributed by atoms with Crippen molar-refractivity contribution in [3.8, 4) is 0 Å². The molecule has 0 aliphatic rings. The lowest BCUT2D eigenvalue weighted by Crippen LogP contribution is -2.21. The van der Waals surface area contributed by atoms with Crippen LogP contribution in [0.5, 0.6) is 0 Å². The van der Waals surface area contributed by atoms with Gasteiger partial charge in [-0.15, -0.1) is 0 Å². The van der Waals surface area contributed by atoms with Gasteiger partial charge in [-0.05, 0) is 40.5 Å². The van der Waals surface area contributed by atoms with E-state index in [1.165, 1.54) is 0 Å². The molecule has 3 N–H and O–H groups in total. The van der Waals surface area contributed by atoms with Crippen LogP contribution in [0, 0.1) is 0 Å². The fourth-order valence-corrected chi connectivity index (χ4v) is 1.62. The van der Waals surface area contributed by atoms with Gasteiger partial charge in [-0.1, -0.05) is 26.7 Å². The first kappa shape index (κ1) is 33.3. The molecule has 0 rings (SSSR count). The molecule has 3 atom stereocenters. The zero-order chi connectivity index (χ0) is 22.8. The molecule has 180 valence electrons. The minimum absolute atomic E-state index is 0.0580. The molecule has 0 aliphatic carbocycles. The third kappa shape index (κ3) is 35.5. The molecule has 0 aromatic rings. The summed E-state index contributed by atoms with van der Waals surface area (Å²) in [6.45, 7) is 15.1. The largest absolute Gasteiger partial charge is 0.394 e. The molecule has 0 spiro atoms. The first-order chi connectivity index (χ1) is 13.9. The van der Waals surface area contributed by atoms with Crippen molar-refractivity contribution in [1.29, 1.82) is 0 Å². The summed E-state index contributed by atoms with van der Waals surface area (Å²) >= 11 is 0. The Morgan fingerprint density at radius 2 is 1.31 bits per heavy atom. The Labute approximate surface area is 178 Å². The fourth-order valence-electron chi connectivity index (χ4n) is 1.62. The van der Waals surface area contributed by atoms with Crippen LogP contribution in [0.25, 0.3) is 0 Å². The van der Waals surface area contributed by atoms with Crippen LogP contribution in [0.1, 0.15) is 67.2 Å². The molecule has 8 nitrogen and oxygen atoms in total. The number of unbranched alkanes of at least 4 members (excludes halogenated alkanes) is 2. The second-order valence-electron chi connectivity index (χ2n) is 6.19. The van der Waals surface area contributed by atoms with Crippen LogP contribution in [0.15, 0.2) is 0 Å². The molecule has 0 aromatic carbocycles. The van der Waals surface area contributed by atoms with E-state index in [9.17, 15) is 0 Å². The first-order valence-electron chi connectivity index (χ1n) is 10.9. The predicted molar refractivity (Wildman–Crippen MR) is 115 cm³/mol. The van der Waals surface area contributed by atoms with Crippen molar-refractivity contribution in [1.82, 2.24) is 0 Å². The van der Waals surface area contributed by atoms with Gasteiger partial charge < -0.3 is 39.0 Å². The van der Waals surface area contributed by atoms with Gasteiger partial charge in [0.05, 0.1) is 32.5 Å². The normalized spacial score (nSPS) is 13.6. The van der Waals surface area contributed by atoms with Gasteiger partial charge in [0.1, 0.15) is 0 Å². The lowest BCUT2D eigenvalue weighted by molar-refractivity contribution is -0.160. The zero-order valence-corrected chi connectivity index (χ0v) is 19.6. The van der Waals surface area contributed by atoms with Crippen LogP contribution in [0.2, 0.25) is 0 Å². The van der Waals surface area contributed by atoms with E-state index in [0.717, 1.165) is 32.3 Å². The van der Waals surface area contributed by atoms with E-state index in [1.807, 2.05) is 20.8 Å². The van der Waals surface area contributed by atoms with Gasteiger partial charge in [-0.2, -0.15) is 0 Å². The summed E-state index contributed by atoms with van der Waals surface area (Å²) in [6.07, 6.45) is 3.26. The predicted octanol–water partition coefficient (Wildman–Crippen LogP) is 2.72. The lowest BCUT2D eigenvalue weighted by atomic mass is 10.4. The van der Waals surface area contributed by atoms with Crippen molar-refractivity contribution in [2.45, 2.75) is 85.9 Å². The molecule has 0 fully saturated rings. The molecule has 29 heavy (non-hydrogen) atoms. The Kier molecular flexibility index (Phi) is 34.3. The molecular weight excluding hydrogens is 380 g/mol. The van der Waals surface area contributed by atoms with Gasteiger partial charge in [0, 0.05) is 26.4 Å². The zero-order valence-electron chi connectivity index (χ0n) is 19.6. The number of ether oxygens (including phenoxy) is 5. The van der Waals surface area contributed by atoms with Crippen molar-refractivity contribution < 1.29 is 39.0 Å². The number of rotatable bonds is 17. The third-order valence-electron chi connectivity index (χ3n) is 3.17. The number of hydrogen-bond acceptors (Lipinski definition) is 8. The van der Waals surface area contributed by atoms with E-state index >= 15 is 0 Å². The Bertz CT molecular complexity index is 263. The van der Waals surface area contributed by atoms with Gasteiger partial charge in [-0.3, -0.25) is 0 Å². The van der Waals surface area contributed by atoms with Crippen LogP contribution in [-0.2, 0) is 23.7 Å². The van der Waals surface area contributed by atoms with Crippen molar-refractivity contribution >= 4 is 0 Å².